The molecule has 0 fully saturated rings. The zero-order valence-electron chi connectivity index (χ0n) is 17.6. The fraction of sp³-hybridized carbons (Fsp3) is 0.231. The van der Waals surface area contributed by atoms with E-state index in [2.05, 4.69) is 4.99 Å². The summed E-state index contributed by atoms with van der Waals surface area (Å²) < 4.78 is 23.4. The first kappa shape index (κ1) is 20.1. The molecular formula is C26H23NO5. The van der Waals surface area contributed by atoms with Crippen molar-refractivity contribution in [1.29, 1.82) is 0 Å². The molecule has 0 aromatic heterocycles. The molecule has 0 amide bonds. The van der Waals surface area contributed by atoms with Gasteiger partial charge in [0, 0.05) is 12.0 Å². The van der Waals surface area contributed by atoms with Crippen molar-refractivity contribution in [2.45, 2.75) is 38.4 Å². The van der Waals surface area contributed by atoms with Crippen LogP contribution >= 0.6 is 0 Å². The Morgan fingerprint density at radius 2 is 1.62 bits per heavy atom. The maximum atomic E-state index is 13.0. The van der Waals surface area contributed by atoms with Crippen molar-refractivity contribution in [3.8, 4) is 11.5 Å². The Morgan fingerprint density at radius 1 is 0.906 bits per heavy atom. The van der Waals surface area contributed by atoms with Crippen LogP contribution in [0, 0.1) is 0 Å². The van der Waals surface area contributed by atoms with Crippen molar-refractivity contribution in [2.24, 2.45) is 4.99 Å². The minimum Gasteiger partial charge on any atom is -0.466 e. The Hall–Kier alpha value is -3.80. The topological polar surface area (TPSA) is 66.4 Å². The fourth-order valence-electron chi connectivity index (χ4n) is 3.74. The number of ether oxygens (including phenoxy) is 4. The highest BCUT2D eigenvalue weighted by molar-refractivity contribution is 5.98. The highest BCUT2D eigenvalue weighted by atomic mass is 16.7. The molecular weight excluding hydrogens is 406 g/mol. The molecule has 3 unspecified atom stereocenters. The van der Waals surface area contributed by atoms with Crippen LogP contribution in [-0.2, 0) is 20.9 Å². The van der Waals surface area contributed by atoms with E-state index in [1.54, 1.807) is 0 Å². The lowest BCUT2D eigenvalue weighted by Gasteiger charge is -2.18. The van der Waals surface area contributed by atoms with E-state index in [9.17, 15) is 4.79 Å². The molecule has 6 nitrogen and oxygen atoms in total. The van der Waals surface area contributed by atoms with E-state index in [1.165, 1.54) is 0 Å². The number of fused-ring (bicyclic) bond motifs is 1. The smallest absolute Gasteiger partial charge is 0.335 e. The predicted octanol–water partition coefficient (Wildman–Crippen LogP) is 4.82. The third-order valence-electron chi connectivity index (χ3n) is 5.41. The van der Waals surface area contributed by atoms with Crippen LogP contribution in [0.15, 0.2) is 83.9 Å². The Kier molecular flexibility index (Phi) is 5.50. The van der Waals surface area contributed by atoms with Gasteiger partial charge in [0.25, 0.3) is 0 Å². The van der Waals surface area contributed by atoms with Gasteiger partial charge in [0.15, 0.2) is 23.6 Å². The summed E-state index contributed by atoms with van der Waals surface area (Å²) in [6.07, 6.45) is -0.185. The molecule has 0 N–H and O–H groups in total. The van der Waals surface area contributed by atoms with E-state index in [4.69, 9.17) is 18.9 Å². The minimum absolute atomic E-state index is 0.179. The van der Waals surface area contributed by atoms with E-state index in [0.717, 1.165) is 23.1 Å². The van der Waals surface area contributed by atoms with Crippen LogP contribution in [0.25, 0.3) is 0 Å². The second kappa shape index (κ2) is 8.75. The number of nitrogens with zero attached hydrogens (tertiary/aromatic N) is 1. The summed E-state index contributed by atoms with van der Waals surface area (Å²) in [5.41, 5.74) is 2.50. The molecule has 0 saturated heterocycles. The van der Waals surface area contributed by atoms with Crippen LogP contribution < -0.4 is 9.47 Å². The summed E-state index contributed by atoms with van der Waals surface area (Å²) in [6, 6.07) is 23.9. The van der Waals surface area contributed by atoms with E-state index in [1.807, 2.05) is 85.8 Å². The zero-order chi connectivity index (χ0) is 21.9. The lowest BCUT2D eigenvalue weighted by atomic mass is 10.0. The van der Waals surface area contributed by atoms with Gasteiger partial charge in [0.1, 0.15) is 6.61 Å². The number of aliphatic imine (C=N–C) groups is 1. The number of hydrogen-bond donors (Lipinski definition) is 0. The molecule has 5 rings (SSSR count). The van der Waals surface area contributed by atoms with Gasteiger partial charge in [-0.1, -0.05) is 61.5 Å². The molecule has 0 saturated carbocycles. The molecule has 3 atom stereocenters. The van der Waals surface area contributed by atoms with Gasteiger partial charge in [-0.05, 0) is 35.4 Å². The molecule has 2 heterocycles. The summed E-state index contributed by atoms with van der Waals surface area (Å²) in [7, 11) is 0. The average molecular weight is 429 g/mol. The Labute approximate surface area is 186 Å². The Balaban J connectivity index is 1.41. The van der Waals surface area contributed by atoms with Crippen molar-refractivity contribution in [2.75, 3.05) is 0 Å². The van der Waals surface area contributed by atoms with Gasteiger partial charge in [-0.3, -0.25) is 0 Å². The highest BCUT2D eigenvalue weighted by Gasteiger charge is 2.40. The molecule has 0 aliphatic carbocycles. The Morgan fingerprint density at radius 3 is 2.38 bits per heavy atom. The molecule has 0 bridgehead atoms. The molecule has 32 heavy (non-hydrogen) atoms. The standard InChI is InChI=1S/C26H23NO5/c1-2-22-30-20-14-13-19(15-21(20)31-22)24-23(26(28)29-16-17-9-5-3-6-10-17)27-25(32-24)18-11-7-4-8-12-18/h3-15,22-24H,2,16H2,1H3. The SMILES string of the molecule is CCC1Oc2ccc(C3OC(c4ccccc4)=NC3C(=O)OCc3ccccc3)cc2O1. The second-order valence-electron chi connectivity index (χ2n) is 7.66. The molecule has 2 aliphatic heterocycles. The molecule has 6 heteroatoms. The van der Waals surface area contributed by atoms with Crippen LogP contribution in [0.5, 0.6) is 11.5 Å². The number of rotatable bonds is 6. The van der Waals surface area contributed by atoms with Gasteiger partial charge in [-0.2, -0.15) is 0 Å². The van der Waals surface area contributed by atoms with Crippen LogP contribution in [-0.4, -0.2) is 24.2 Å². The average Bonchev–Trinajstić information content (AvgIpc) is 3.48. The van der Waals surface area contributed by atoms with Crippen LogP contribution in [0.2, 0.25) is 0 Å². The summed E-state index contributed by atoms with van der Waals surface area (Å²) >= 11 is 0. The summed E-state index contributed by atoms with van der Waals surface area (Å²) in [5.74, 6) is 1.31. The molecule has 0 spiro atoms. The van der Waals surface area contributed by atoms with Gasteiger partial charge in [-0.25, -0.2) is 9.79 Å². The number of carbonyl (C=O) groups excluding carboxylic acids is 1. The number of esters is 1. The molecule has 3 aromatic rings. The third-order valence-corrected chi connectivity index (χ3v) is 5.41. The first-order valence-corrected chi connectivity index (χ1v) is 10.7. The molecule has 0 radical (unpaired) electrons. The van der Waals surface area contributed by atoms with E-state index in [0.29, 0.717) is 17.4 Å². The zero-order valence-corrected chi connectivity index (χ0v) is 17.6. The maximum Gasteiger partial charge on any atom is 0.335 e. The predicted molar refractivity (Wildman–Crippen MR) is 119 cm³/mol. The van der Waals surface area contributed by atoms with E-state index < -0.39 is 18.1 Å². The van der Waals surface area contributed by atoms with Gasteiger partial charge in [0.05, 0.1) is 0 Å². The van der Waals surface area contributed by atoms with Gasteiger partial charge in [0.2, 0.25) is 12.2 Å². The van der Waals surface area contributed by atoms with Gasteiger partial charge in [-0.15, -0.1) is 0 Å². The molecule has 162 valence electrons. The highest BCUT2D eigenvalue weighted by Crippen LogP contribution is 2.40. The normalized spacial score (nSPS) is 21.0. The fourth-order valence-corrected chi connectivity index (χ4v) is 3.74. The summed E-state index contributed by atoms with van der Waals surface area (Å²) in [4.78, 5) is 17.6. The molecule has 3 aromatic carbocycles. The van der Waals surface area contributed by atoms with E-state index in [-0.39, 0.29) is 12.9 Å². The van der Waals surface area contributed by atoms with Crippen molar-refractivity contribution < 1.29 is 23.7 Å². The first-order chi connectivity index (χ1) is 15.7. The second-order valence-corrected chi connectivity index (χ2v) is 7.66. The van der Waals surface area contributed by atoms with Crippen molar-refractivity contribution in [3.63, 3.8) is 0 Å². The lowest BCUT2D eigenvalue weighted by molar-refractivity contribution is -0.148. The number of hydrogen-bond acceptors (Lipinski definition) is 6. The maximum absolute atomic E-state index is 13.0. The van der Waals surface area contributed by atoms with Crippen molar-refractivity contribution in [1.82, 2.24) is 0 Å². The van der Waals surface area contributed by atoms with Crippen molar-refractivity contribution >= 4 is 11.9 Å². The Bertz CT molecular complexity index is 1130. The van der Waals surface area contributed by atoms with Crippen LogP contribution in [0.1, 0.15) is 36.1 Å². The van der Waals surface area contributed by atoms with Crippen LogP contribution in [0.4, 0.5) is 0 Å². The summed E-state index contributed by atoms with van der Waals surface area (Å²) in [5, 5.41) is 0. The summed E-state index contributed by atoms with van der Waals surface area (Å²) in [6.45, 7) is 2.18. The van der Waals surface area contributed by atoms with Gasteiger partial charge < -0.3 is 18.9 Å². The minimum atomic E-state index is -0.823. The number of benzene rings is 3. The quantitative estimate of drug-likeness (QED) is 0.526. The molecule has 2 aliphatic rings. The first-order valence-electron chi connectivity index (χ1n) is 10.7. The third kappa shape index (κ3) is 4.04. The monoisotopic (exact) mass is 429 g/mol. The lowest BCUT2D eigenvalue weighted by Crippen LogP contribution is -2.26. The largest absolute Gasteiger partial charge is 0.466 e. The van der Waals surface area contributed by atoms with E-state index >= 15 is 0 Å². The van der Waals surface area contributed by atoms with Crippen LogP contribution in [0.3, 0.4) is 0 Å². The van der Waals surface area contributed by atoms with Crippen molar-refractivity contribution in [3.05, 3.63) is 95.6 Å². The van der Waals surface area contributed by atoms with Gasteiger partial charge >= 0.3 is 5.97 Å². The number of carbonyl (C=O) groups is 1.